The first-order valence-corrected chi connectivity index (χ1v) is 6.30. The van der Waals surface area contributed by atoms with Gasteiger partial charge in [-0.25, -0.2) is 8.78 Å². The topological polar surface area (TPSA) is 0 Å². The lowest BCUT2D eigenvalue weighted by Gasteiger charge is -2.22. The molecule has 0 unspecified atom stereocenters. The van der Waals surface area contributed by atoms with E-state index in [1.807, 2.05) is 0 Å². The van der Waals surface area contributed by atoms with Crippen molar-refractivity contribution < 1.29 is 8.78 Å². The number of benzene rings is 1. The van der Waals surface area contributed by atoms with E-state index in [9.17, 15) is 8.78 Å². The summed E-state index contributed by atoms with van der Waals surface area (Å²) in [6.07, 6.45) is 7.10. The van der Waals surface area contributed by atoms with Crippen LogP contribution < -0.4 is 0 Å². The molecule has 0 aromatic heterocycles. The fraction of sp³-hybridized carbons (Fsp3) is 0.467. The molecule has 1 aromatic rings. The van der Waals surface area contributed by atoms with Crippen molar-refractivity contribution in [3.8, 4) is 0 Å². The van der Waals surface area contributed by atoms with E-state index in [4.69, 9.17) is 0 Å². The molecule has 0 amide bonds. The average Bonchev–Trinajstić information content (AvgIpc) is 2.30. The number of rotatable bonds is 3. The van der Waals surface area contributed by atoms with E-state index in [0.717, 1.165) is 18.1 Å². The van der Waals surface area contributed by atoms with Gasteiger partial charge in [0, 0.05) is 11.6 Å². The van der Waals surface area contributed by atoms with Crippen LogP contribution in [0.2, 0.25) is 0 Å². The van der Waals surface area contributed by atoms with Gasteiger partial charge in [-0.05, 0) is 30.0 Å². The van der Waals surface area contributed by atoms with E-state index in [-0.39, 0.29) is 0 Å². The molecule has 2 rings (SSSR count). The third-order valence-corrected chi connectivity index (χ3v) is 3.57. The maximum absolute atomic E-state index is 13.6. The smallest absolute Gasteiger partial charge is 0.133 e. The molecule has 0 N–H and O–H groups in total. The lowest BCUT2D eigenvalue weighted by molar-refractivity contribution is 0.364. The molecule has 92 valence electrons. The summed E-state index contributed by atoms with van der Waals surface area (Å²) in [5.74, 6) is -0.400. The Morgan fingerprint density at radius 1 is 1.18 bits per heavy atom. The molecule has 0 heterocycles. The molecule has 1 aliphatic carbocycles. The third kappa shape index (κ3) is 3.15. The Morgan fingerprint density at radius 3 is 2.53 bits per heavy atom. The van der Waals surface area contributed by atoms with Gasteiger partial charge >= 0.3 is 0 Å². The zero-order chi connectivity index (χ0) is 12.3. The Balaban J connectivity index is 2.03. The van der Waals surface area contributed by atoms with Crippen LogP contribution in [0.4, 0.5) is 8.78 Å². The highest BCUT2D eigenvalue weighted by molar-refractivity contribution is 5.63. The molecule has 17 heavy (non-hydrogen) atoms. The molecule has 1 fully saturated rings. The molecule has 0 radical (unpaired) electrons. The summed E-state index contributed by atoms with van der Waals surface area (Å²) in [6.45, 7) is 3.95. The van der Waals surface area contributed by atoms with Gasteiger partial charge in [0.25, 0.3) is 0 Å². The zero-order valence-corrected chi connectivity index (χ0v) is 10.0. The number of hydrogen-bond donors (Lipinski definition) is 0. The Kier molecular flexibility index (Phi) is 3.93. The van der Waals surface area contributed by atoms with Gasteiger partial charge in [0.2, 0.25) is 0 Å². The van der Waals surface area contributed by atoms with Crippen LogP contribution in [0.25, 0.3) is 5.57 Å². The minimum absolute atomic E-state index is 0.469. The van der Waals surface area contributed by atoms with Gasteiger partial charge in [0.05, 0.1) is 0 Å². The second kappa shape index (κ2) is 5.44. The fourth-order valence-electron chi connectivity index (χ4n) is 2.63. The highest BCUT2D eigenvalue weighted by atomic mass is 19.1. The van der Waals surface area contributed by atoms with Crippen LogP contribution in [-0.2, 0) is 0 Å². The van der Waals surface area contributed by atoms with Crippen molar-refractivity contribution in [1.29, 1.82) is 0 Å². The molecule has 2 heteroatoms. The summed E-state index contributed by atoms with van der Waals surface area (Å²) in [6, 6.07) is 3.72. The molecule has 1 aromatic carbocycles. The molecule has 0 atom stereocenters. The van der Waals surface area contributed by atoms with Gasteiger partial charge in [-0.15, -0.1) is 0 Å². The van der Waals surface area contributed by atoms with E-state index < -0.39 is 11.6 Å². The van der Waals surface area contributed by atoms with Crippen LogP contribution >= 0.6 is 0 Å². The fourth-order valence-corrected chi connectivity index (χ4v) is 2.63. The Morgan fingerprint density at radius 2 is 1.88 bits per heavy atom. The summed E-state index contributed by atoms with van der Waals surface area (Å²) < 4.78 is 26.4. The van der Waals surface area contributed by atoms with Crippen molar-refractivity contribution in [3.63, 3.8) is 0 Å². The lowest BCUT2D eigenvalue weighted by Crippen LogP contribution is -2.07. The third-order valence-electron chi connectivity index (χ3n) is 3.57. The van der Waals surface area contributed by atoms with Crippen molar-refractivity contribution in [2.75, 3.05) is 0 Å². The first-order valence-electron chi connectivity index (χ1n) is 6.30. The van der Waals surface area contributed by atoms with Crippen molar-refractivity contribution in [3.05, 3.63) is 42.0 Å². The molecular weight excluding hydrogens is 218 g/mol. The Labute approximate surface area is 101 Å². The summed E-state index contributed by atoms with van der Waals surface area (Å²) in [7, 11) is 0. The van der Waals surface area contributed by atoms with Crippen LogP contribution in [-0.4, -0.2) is 0 Å². The van der Waals surface area contributed by atoms with E-state index in [0.29, 0.717) is 11.5 Å². The van der Waals surface area contributed by atoms with Crippen LogP contribution in [0.3, 0.4) is 0 Å². The van der Waals surface area contributed by atoms with Crippen molar-refractivity contribution >= 4 is 5.57 Å². The molecule has 1 aliphatic rings. The number of allylic oxidation sites excluding steroid dienone is 1. The minimum Gasteiger partial charge on any atom is -0.207 e. The molecule has 0 nitrogen and oxygen atoms in total. The molecule has 0 saturated heterocycles. The molecular formula is C15H18F2. The van der Waals surface area contributed by atoms with Gasteiger partial charge in [-0.2, -0.15) is 0 Å². The monoisotopic (exact) mass is 236 g/mol. The van der Waals surface area contributed by atoms with Gasteiger partial charge in [0.1, 0.15) is 11.6 Å². The summed E-state index contributed by atoms with van der Waals surface area (Å²) >= 11 is 0. The van der Waals surface area contributed by atoms with Gasteiger partial charge in [-0.1, -0.05) is 38.7 Å². The first-order chi connectivity index (χ1) is 8.16. The Bertz CT molecular complexity index is 403. The van der Waals surface area contributed by atoms with Gasteiger partial charge < -0.3 is 0 Å². The van der Waals surface area contributed by atoms with Crippen LogP contribution in [0.1, 0.15) is 44.1 Å². The second-order valence-electron chi connectivity index (χ2n) is 4.94. The summed E-state index contributed by atoms with van der Waals surface area (Å²) in [5, 5.41) is 0. The quantitative estimate of drug-likeness (QED) is 0.696. The SMILES string of the molecule is C=C(CC1CCCCC1)c1ccc(F)cc1F. The lowest BCUT2D eigenvalue weighted by atomic mass is 9.83. The largest absolute Gasteiger partial charge is 0.207 e. The molecule has 1 saturated carbocycles. The summed E-state index contributed by atoms with van der Waals surface area (Å²) in [5.41, 5.74) is 1.27. The van der Waals surface area contributed by atoms with E-state index >= 15 is 0 Å². The second-order valence-corrected chi connectivity index (χ2v) is 4.94. The predicted octanol–water partition coefficient (Wildman–Crippen LogP) is 4.95. The van der Waals surface area contributed by atoms with Gasteiger partial charge in [0.15, 0.2) is 0 Å². The highest BCUT2D eigenvalue weighted by Crippen LogP contribution is 2.32. The molecule has 0 spiro atoms. The van der Waals surface area contributed by atoms with E-state index in [1.54, 1.807) is 0 Å². The normalized spacial score (nSPS) is 17.1. The maximum atomic E-state index is 13.6. The van der Waals surface area contributed by atoms with Crippen molar-refractivity contribution in [2.45, 2.75) is 38.5 Å². The average molecular weight is 236 g/mol. The van der Waals surface area contributed by atoms with Crippen LogP contribution in [0.15, 0.2) is 24.8 Å². The van der Waals surface area contributed by atoms with Crippen LogP contribution in [0.5, 0.6) is 0 Å². The Hall–Kier alpha value is -1.18. The summed E-state index contributed by atoms with van der Waals surface area (Å²) in [4.78, 5) is 0. The maximum Gasteiger partial charge on any atom is 0.133 e. The van der Waals surface area contributed by atoms with Crippen LogP contribution in [0, 0.1) is 17.6 Å². The van der Waals surface area contributed by atoms with Gasteiger partial charge in [-0.3, -0.25) is 0 Å². The van der Waals surface area contributed by atoms with Crippen molar-refractivity contribution in [2.24, 2.45) is 5.92 Å². The van der Waals surface area contributed by atoms with Crippen molar-refractivity contribution in [1.82, 2.24) is 0 Å². The predicted molar refractivity (Wildman–Crippen MR) is 66.6 cm³/mol. The molecule has 0 bridgehead atoms. The highest BCUT2D eigenvalue weighted by Gasteiger charge is 2.16. The minimum atomic E-state index is -0.531. The standard InChI is InChI=1S/C15H18F2/c1-11(9-12-5-3-2-4-6-12)14-8-7-13(16)10-15(14)17/h7-8,10,12H,1-6,9H2. The number of hydrogen-bond acceptors (Lipinski definition) is 0. The molecule has 0 aliphatic heterocycles. The number of halogens is 2. The zero-order valence-electron chi connectivity index (χ0n) is 10.0. The van der Waals surface area contributed by atoms with E-state index in [1.165, 1.54) is 44.2 Å². The first kappa shape index (κ1) is 12.3. The van der Waals surface area contributed by atoms with E-state index in [2.05, 4.69) is 6.58 Å².